The summed E-state index contributed by atoms with van der Waals surface area (Å²) in [6, 6.07) is 10.6. The zero-order chi connectivity index (χ0) is 23.6. The van der Waals surface area contributed by atoms with Crippen molar-refractivity contribution in [2.75, 3.05) is 6.61 Å². The van der Waals surface area contributed by atoms with Gasteiger partial charge >= 0.3 is 16.1 Å². The van der Waals surface area contributed by atoms with Crippen LogP contribution in [0, 0.1) is 20.8 Å². The molecule has 0 bridgehead atoms. The first kappa shape index (κ1) is 23.5. The number of halogens is 1. The average Bonchev–Trinajstić information content (AvgIpc) is 2.71. The summed E-state index contributed by atoms with van der Waals surface area (Å²) in [7, 11) is -4.41. The summed E-state index contributed by atoms with van der Waals surface area (Å²) in [6.07, 6.45) is 0. The Bertz CT molecular complexity index is 1350. The summed E-state index contributed by atoms with van der Waals surface area (Å²) >= 11 is 6.05. The lowest BCUT2D eigenvalue weighted by Crippen LogP contribution is -2.26. The molecule has 0 fully saturated rings. The topological polar surface area (TPSA) is 105 Å². The maximum atomic E-state index is 13.0. The highest BCUT2D eigenvalue weighted by Gasteiger charge is 2.27. The summed E-state index contributed by atoms with van der Waals surface area (Å²) in [4.78, 5) is 25.1. The Morgan fingerprint density at radius 3 is 2.34 bits per heavy atom. The first-order chi connectivity index (χ1) is 15.0. The van der Waals surface area contributed by atoms with Gasteiger partial charge in [0.1, 0.15) is 4.90 Å². The van der Waals surface area contributed by atoms with Crippen LogP contribution in [0.3, 0.4) is 0 Å². The largest absolute Gasteiger partial charge is 0.461 e. The van der Waals surface area contributed by atoms with Crippen molar-refractivity contribution < 1.29 is 22.1 Å². The quantitative estimate of drug-likeness (QED) is 0.394. The SMILES string of the molecule is CCOC(=O)c1nn(-c2ccc(C)cc2)c(=O)cc1OS(=O)(=O)c1cc(C)c(Cl)cc1C. The summed E-state index contributed by atoms with van der Waals surface area (Å²) in [5.41, 5.74) is 1.10. The van der Waals surface area contributed by atoms with Crippen LogP contribution in [0.4, 0.5) is 0 Å². The molecular weight excluding hydrogens is 456 g/mol. The molecule has 168 valence electrons. The normalized spacial score (nSPS) is 11.3. The molecule has 1 heterocycles. The molecule has 3 rings (SSSR count). The second-order valence-corrected chi connectivity index (χ2v) is 8.99. The molecule has 1 aromatic heterocycles. The smallest absolute Gasteiger partial charge is 0.362 e. The molecule has 10 heteroatoms. The van der Waals surface area contributed by atoms with Crippen LogP contribution in [0.15, 0.2) is 52.2 Å². The van der Waals surface area contributed by atoms with Crippen LogP contribution < -0.4 is 9.74 Å². The van der Waals surface area contributed by atoms with Crippen LogP contribution >= 0.6 is 11.6 Å². The van der Waals surface area contributed by atoms with Gasteiger partial charge in [-0.1, -0.05) is 29.3 Å². The first-order valence-corrected chi connectivity index (χ1v) is 11.4. The summed E-state index contributed by atoms with van der Waals surface area (Å²) in [6.45, 7) is 6.69. The molecule has 0 aliphatic heterocycles. The van der Waals surface area contributed by atoms with Gasteiger partial charge in [0.15, 0.2) is 5.75 Å². The van der Waals surface area contributed by atoms with E-state index < -0.39 is 33.1 Å². The van der Waals surface area contributed by atoms with Crippen molar-refractivity contribution in [2.24, 2.45) is 0 Å². The van der Waals surface area contributed by atoms with Gasteiger partial charge in [-0.05, 0) is 63.1 Å². The van der Waals surface area contributed by atoms with Crippen LogP contribution in [0.1, 0.15) is 34.1 Å². The number of esters is 1. The Kier molecular flexibility index (Phi) is 6.71. The third-order valence-electron chi connectivity index (χ3n) is 4.57. The second kappa shape index (κ2) is 9.13. The number of benzene rings is 2. The molecule has 0 unspecified atom stereocenters. The molecule has 0 atom stereocenters. The van der Waals surface area contributed by atoms with Crippen LogP contribution in [0.2, 0.25) is 5.02 Å². The van der Waals surface area contributed by atoms with Gasteiger partial charge < -0.3 is 8.92 Å². The number of carbonyl (C=O) groups excluding carboxylic acids is 1. The Balaban J connectivity index is 2.14. The number of aromatic nitrogens is 2. The number of carbonyl (C=O) groups is 1. The standard InChI is InChI=1S/C22H21ClN2O6S/c1-5-30-22(27)21-18(12-20(26)25(24-21)16-8-6-13(2)7-9-16)31-32(28,29)19-11-14(3)17(23)10-15(19)4/h6-12H,5H2,1-4H3. The molecule has 0 N–H and O–H groups in total. The van der Waals surface area contributed by atoms with E-state index in [0.29, 0.717) is 21.8 Å². The van der Waals surface area contributed by atoms with Crippen molar-refractivity contribution in [1.82, 2.24) is 9.78 Å². The van der Waals surface area contributed by atoms with Gasteiger partial charge in [0.25, 0.3) is 5.56 Å². The zero-order valence-electron chi connectivity index (χ0n) is 17.9. The number of ether oxygens (including phenoxy) is 1. The molecule has 0 aliphatic carbocycles. The minimum absolute atomic E-state index is 0.0197. The van der Waals surface area contributed by atoms with Gasteiger partial charge in [0, 0.05) is 5.02 Å². The Morgan fingerprint density at radius 2 is 1.72 bits per heavy atom. The Hall–Kier alpha value is -3.17. The van der Waals surface area contributed by atoms with Crippen molar-refractivity contribution in [1.29, 1.82) is 0 Å². The third kappa shape index (κ3) is 4.84. The van der Waals surface area contributed by atoms with E-state index in [1.807, 2.05) is 6.92 Å². The van der Waals surface area contributed by atoms with Crippen LogP contribution in [-0.4, -0.2) is 30.8 Å². The minimum Gasteiger partial charge on any atom is -0.461 e. The predicted octanol–water partition coefficient (Wildman–Crippen LogP) is 3.76. The van der Waals surface area contributed by atoms with Crippen molar-refractivity contribution in [3.05, 3.63) is 80.2 Å². The van der Waals surface area contributed by atoms with E-state index in [1.54, 1.807) is 45.0 Å². The fourth-order valence-corrected chi connectivity index (χ4v) is 4.35. The molecule has 2 aromatic carbocycles. The van der Waals surface area contributed by atoms with E-state index >= 15 is 0 Å². The predicted molar refractivity (Wildman–Crippen MR) is 119 cm³/mol. The molecule has 32 heavy (non-hydrogen) atoms. The zero-order valence-corrected chi connectivity index (χ0v) is 19.5. The van der Waals surface area contributed by atoms with E-state index in [1.165, 1.54) is 12.1 Å². The van der Waals surface area contributed by atoms with Crippen molar-refractivity contribution in [2.45, 2.75) is 32.6 Å². The summed E-state index contributed by atoms with van der Waals surface area (Å²) in [5.74, 6) is -1.45. The molecule has 0 saturated heterocycles. The van der Waals surface area contributed by atoms with E-state index in [0.717, 1.165) is 16.3 Å². The summed E-state index contributed by atoms with van der Waals surface area (Å²) in [5, 5.41) is 4.44. The molecule has 8 nitrogen and oxygen atoms in total. The molecule has 3 aromatic rings. The number of hydrogen-bond donors (Lipinski definition) is 0. The highest BCUT2D eigenvalue weighted by molar-refractivity contribution is 7.87. The highest BCUT2D eigenvalue weighted by atomic mass is 35.5. The number of rotatable bonds is 6. The molecule has 0 spiro atoms. The Morgan fingerprint density at radius 1 is 1.06 bits per heavy atom. The van der Waals surface area contributed by atoms with Gasteiger partial charge in [0.05, 0.1) is 18.4 Å². The van der Waals surface area contributed by atoms with Gasteiger partial charge in [-0.2, -0.15) is 18.2 Å². The molecule has 0 saturated carbocycles. The molecule has 0 aliphatic rings. The first-order valence-electron chi connectivity index (χ1n) is 9.63. The molecule has 0 amide bonds. The van der Waals surface area contributed by atoms with E-state index in [4.69, 9.17) is 20.5 Å². The van der Waals surface area contributed by atoms with Crippen molar-refractivity contribution in [3.63, 3.8) is 0 Å². The average molecular weight is 477 g/mol. The molecule has 0 radical (unpaired) electrons. The van der Waals surface area contributed by atoms with Gasteiger partial charge in [0.2, 0.25) is 5.69 Å². The fourth-order valence-electron chi connectivity index (χ4n) is 2.90. The molecular formula is C22H21ClN2O6S. The van der Waals surface area contributed by atoms with E-state index in [2.05, 4.69) is 5.10 Å². The van der Waals surface area contributed by atoms with E-state index in [9.17, 15) is 18.0 Å². The van der Waals surface area contributed by atoms with Crippen molar-refractivity contribution in [3.8, 4) is 11.4 Å². The third-order valence-corrected chi connectivity index (χ3v) is 6.35. The summed E-state index contributed by atoms with van der Waals surface area (Å²) < 4.78 is 37.1. The number of nitrogens with zero attached hydrogens (tertiary/aromatic N) is 2. The lowest BCUT2D eigenvalue weighted by molar-refractivity contribution is 0.0515. The van der Waals surface area contributed by atoms with Crippen LogP contribution in [0.5, 0.6) is 5.75 Å². The maximum absolute atomic E-state index is 13.0. The second-order valence-electron chi connectivity index (χ2n) is 7.07. The van der Waals surface area contributed by atoms with Crippen LogP contribution in [0.25, 0.3) is 5.69 Å². The number of aryl methyl sites for hydroxylation is 3. The van der Waals surface area contributed by atoms with Crippen LogP contribution in [-0.2, 0) is 14.9 Å². The highest BCUT2D eigenvalue weighted by Crippen LogP contribution is 2.27. The lowest BCUT2D eigenvalue weighted by atomic mass is 10.2. The van der Waals surface area contributed by atoms with Gasteiger partial charge in [-0.3, -0.25) is 4.79 Å². The monoisotopic (exact) mass is 476 g/mol. The Labute approximate surface area is 190 Å². The number of hydrogen-bond acceptors (Lipinski definition) is 7. The van der Waals surface area contributed by atoms with Crippen molar-refractivity contribution >= 4 is 27.7 Å². The van der Waals surface area contributed by atoms with Gasteiger partial charge in [-0.25, -0.2) is 4.79 Å². The lowest BCUT2D eigenvalue weighted by Gasteiger charge is -2.14. The van der Waals surface area contributed by atoms with E-state index in [-0.39, 0.29) is 11.5 Å². The minimum atomic E-state index is -4.41. The maximum Gasteiger partial charge on any atom is 0.362 e. The van der Waals surface area contributed by atoms with Gasteiger partial charge in [-0.15, -0.1) is 0 Å². The fraction of sp³-hybridized carbons (Fsp3) is 0.227.